The van der Waals surface area contributed by atoms with E-state index < -0.39 is 11.8 Å². The van der Waals surface area contributed by atoms with Gasteiger partial charge >= 0.3 is 5.97 Å². The molecule has 0 saturated carbocycles. The Bertz CT molecular complexity index is 2000. The number of ether oxygens (including phenoxy) is 2. The van der Waals surface area contributed by atoms with Crippen LogP contribution in [-0.4, -0.2) is 43.3 Å². The number of aromatic nitrogens is 4. The third-order valence-corrected chi connectivity index (χ3v) is 7.84. The van der Waals surface area contributed by atoms with Crippen molar-refractivity contribution in [2.75, 3.05) is 6.61 Å². The van der Waals surface area contributed by atoms with Gasteiger partial charge in [-0.15, -0.1) is 0 Å². The molecule has 43 heavy (non-hydrogen) atoms. The predicted octanol–water partition coefficient (Wildman–Crippen LogP) is 6.69. The summed E-state index contributed by atoms with van der Waals surface area (Å²) >= 11 is 6.24. The molecule has 11 heteroatoms. The smallest absolute Gasteiger partial charge is 0.354 e. The molecule has 7 rings (SSSR count). The van der Waals surface area contributed by atoms with Crippen molar-refractivity contribution in [2.45, 2.75) is 32.1 Å². The first-order valence-electron chi connectivity index (χ1n) is 13.7. The van der Waals surface area contributed by atoms with Crippen LogP contribution in [0.25, 0.3) is 33.4 Å². The molecule has 1 fully saturated rings. The molecule has 216 valence electrons. The average molecular weight is 599 g/mol. The number of hydrogen-bond donors (Lipinski definition) is 1. The number of hydrogen-bond acceptors (Lipinski definition) is 7. The fraction of sp³-hybridized carbons (Fsp3) is 0.188. The maximum Gasteiger partial charge on any atom is 0.354 e. The van der Waals surface area contributed by atoms with Crippen LogP contribution < -0.4 is 4.74 Å². The number of rotatable bonds is 9. The molecule has 1 N–H and O–H groups in total. The summed E-state index contributed by atoms with van der Waals surface area (Å²) in [6.45, 7) is 1.35. The number of carbonyl (C=O) groups is 1. The predicted molar refractivity (Wildman–Crippen MR) is 157 cm³/mol. The number of imidazole rings is 1. The molecule has 0 spiro atoms. The number of carboxylic acid groups (broad SMARTS) is 1. The van der Waals surface area contributed by atoms with Crippen LogP contribution in [0.5, 0.6) is 5.88 Å². The van der Waals surface area contributed by atoms with Gasteiger partial charge in [-0.05, 0) is 48.4 Å². The first-order valence-corrected chi connectivity index (χ1v) is 14.0. The maximum absolute atomic E-state index is 15.5. The van der Waals surface area contributed by atoms with Crippen molar-refractivity contribution in [2.24, 2.45) is 0 Å². The standard InChI is InChI=1S/C32H24ClFN4O5/c33-23-7-6-20(30-22(23)11-13-42-30)17-43-29-3-1-2-25(36-29)19-5-4-18(24(34)14-19)15-28-35-26-8-9-27(32(39)40)37-31(26)38(28)16-21-10-12-41-21/h1-9,11,13-14,21H,10,12,15-17H2,(H,39,40)/t21-/m0/s1. The fourth-order valence-electron chi connectivity index (χ4n) is 5.15. The largest absolute Gasteiger partial charge is 0.477 e. The van der Waals surface area contributed by atoms with E-state index in [4.69, 9.17) is 25.5 Å². The van der Waals surface area contributed by atoms with Crippen molar-refractivity contribution >= 4 is 39.7 Å². The third-order valence-electron chi connectivity index (χ3n) is 7.51. The lowest BCUT2D eigenvalue weighted by Gasteiger charge is -2.27. The van der Waals surface area contributed by atoms with E-state index in [0.717, 1.165) is 17.4 Å². The highest BCUT2D eigenvalue weighted by atomic mass is 35.5. The van der Waals surface area contributed by atoms with Gasteiger partial charge in [0.25, 0.3) is 0 Å². The molecule has 1 atom stereocenters. The Morgan fingerprint density at radius 2 is 1.93 bits per heavy atom. The van der Waals surface area contributed by atoms with Gasteiger partial charge in [0.1, 0.15) is 29.3 Å². The van der Waals surface area contributed by atoms with Gasteiger partial charge in [-0.1, -0.05) is 35.9 Å². The van der Waals surface area contributed by atoms with Crippen LogP contribution >= 0.6 is 11.6 Å². The minimum atomic E-state index is -1.12. The SMILES string of the molecule is O=C(O)c1ccc2nc(Cc3ccc(-c4cccc(OCc5ccc(Cl)c6ccoc56)n4)cc3F)n(C[C@@H]3CCO3)c2n1. The number of nitrogens with zero attached hydrogens (tertiary/aromatic N) is 4. The monoisotopic (exact) mass is 598 g/mol. The van der Waals surface area contributed by atoms with Crippen molar-refractivity contribution in [3.63, 3.8) is 0 Å². The third kappa shape index (κ3) is 5.31. The number of carboxylic acids is 1. The number of furan rings is 1. The van der Waals surface area contributed by atoms with Crippen LogP contribution in [0.2, 0.25) is 5.02 Å². The van der Waals surface area contributed by atoms with E-state index >= 15 is 4.39 Å². The van der Waals surface area contributed by atoms with Crippen molar-refractivity contribution in [3.8, 4) is 17.1 Å². The lowest BCUT2D eigenvalue weighted by Crippen LogP contribution is -2.32. The van der Waals surface area contributed by atoms with Gasteiger partial charge in [0.15, 0.2) is 11.3 Å². The molecule has 5 heterocycles. The van der Waals surface area contributed by atoms with Gasteiger partial charge in [0.05, 0.1) is 29.6 Å². The van der Waals surface area contributed by atoms with Crippen molar-refractivity contribution in [1.82, 2.24) is 19.5 Å². The highest BCUT2D eigenvalue weighted by Crippen LogP contribution is 2.29. The van der Waals surface area contributed by atoms with Gasteiger partial charge in [0, 0.05) is 35.6 Å². The van der Waals surface area contributed by atoms with E-state index in [2.05, 4.69) is 15.0 Å². The molecule has 1 aliphatic rings. The lowest BCUT2D eigenvalue weighted by atomic mass is 10.1. The van der Waals surface area contributed by atoms with Crippen LogP contribution in [0.15, 0.2) is 77.4 Å². The highest BCUT2D eigenvalue weighted by molar-refractivity contribution is 6.35. The first-order chi connectivity index (χ1) is 20.9. The molecule has 6 aromatic rings. The molecule has 1 saturated heterocycles. The summed E-state index contributed by atoms with van der Waals surface area (Å²) in [5.41, 5.74) is 3.98. The first kappa shape index (κ1) is 27.1. The Hall–Kier alpha value is -4.80. The normalized spacial score (nSPS) is 14.7. The van der Waals surface area contributed by atoms with Gasteiger partial charge in [-0.25, -0.2) is 24.1 Å². The second kappa shape index (κ2) is 11.1. The second-order valence-corrected chi connectivity index (χ2v) is 10.7. The van der Waals surface area contributed by atoms with E-state index in [0.29, 0.717) is 63.4 Å². The number of benzene rings is 2. The Balaban J connectivity index is 1.12. The summed E-state index contributed by atoms with van der Waals surface area (Å²) in [5.74, 6) is -0.573. The van der Waals surface area contributed by atoms with Crippen LogP contribution in [0.3, 0.4) is 0 Å². The molecule has 9 nitrogen and oxygen atoms in total. The molecule has 1 aliphatic heterocycles. The van der Waals surface area contributed by atoms with Crippen molar-refractivity contribution in [3.05, 3.63) is 106 Å². The van der Waals surface area contributed by atoms with Crippen LogP contribution in [0, 0.1) is 5.82 Å². The molecule has 0 bridgehead atoms. The van der Waals surface area contributed by atoms with E-state index in [1.807, 2.05) is 16.7 Å². The summed E-state index contributed by atoms with van der Waals surface area (Å²) in [7, 11) is 0. The van der Waals surface area contributed by atoms with E-state index in [1.54, 1.807) is 48.7 Å². The molecule has 0 amide bonds. The number of pyridine rings is 2. The van der Waals surface area contributed by atoms with Gasteiger partial charge in [-0.2, -0.15) is 0 Å². The molecule has 2 aromatic carbocycles. The zero-order chi connectivity index (χ0) is 29.5. The molecular weight excluding hydrogens is 575 g/mol. The minimum absolute atomic E-state index is 0.0240. The minimum Gasteiger partial charge on any atom is -0.477 e. The quantitative estimate of drug-likeness (QED) is 0.196. The van der Waals surface area contributed by atoms with Crippen LogP contribution in [0.1, 0.15) is 33.9 Å². The van der Waals surface area contributed by atoms with Crippen molar-refractivity contribution in [1.29, 1.82) is 0 Å². The Morgan fingerprint density at radius 1 is 1.07 bits per heavy atom. The van der Waals surface area contributed by atoms with Gasteiger partial charge in [-0.3, -0.25) is 0 Å². The molecule has 0 unspecified atom stereocenters. The van der Waals surface area contributed by atoms with Crippen LogP contribution in [-0.2, 0) is 24.3 Å². The summed E-state index contributed by atoms with van der Waals surface area (Å²) in [5, 5.41) is 10.8. The topological polar surface area (TPSA) is 112 Å². The Labute approximate surface area is 249 Å². The van der Waals surface area contributed by atoms with E-state index in [1.165, 1.54) is 12.1 Å². The summed E-state index contributed by atoms with van der Waals surface area (Å²) in [6, 6.07) is 18.8. The van der Waals surface area contributed by atoms with E-state index in [-0.39, 0.29) is 24.8 Å². The lowest BCUT2D eigenvalue weighted by molar-refractivity contribution is -0.0590. The molecule has 0 aliphatic carbocycles. The molecule has 4 aromatic heterocycles. The summed E-state index contributed by atoms with van der Waals surface area (Å²) < 4.78 is 34.5. The van der Waals surface area contributed by atoms with Gasteiger partial charge < -0.3 is 23.6 Å². The summed E-state index contributed by atoms with van der Waals surface area (Å²) in [6.07, 6.45) is 2.63. The number of fused-ring (bicyclic) bond motifs is 2. The zero-order valence-corrected chi connectivity index (χ0v) is 23.4. The molecular formula is C32H24ClFN4O5. The Morgan fingerprint density at radius 3 is 2.72 bits per heavy atom. The fourth-order valence-corrected chi connectivity index (χ4v) is 5.37. The zero-order valence-electron chi connectivity index (χ0n) is 22.7. The Kier molecular flexibility index (Phi) is 7.00. The van der Waals surface area contributed by atoms with E-state index in [9.17, 15) is 9.90 Å². The van der Waals surface area contributed by atoms with Crippen LogP contribution in [0.4, 0.5) is 4.39 Å². The highest BCUT2D eigenvalue weighted by Gasteiger charge is 2.24. The van der Waals surface area contributed by atoms with Crippen molar-refractivity contribution < 1.29 is 28.2 Å². The second-order valence-electron chi connectivity index (χ2n) is 10.3. The van der Waals surface area contributed by atoms with Gasteiger partial charge in [0.2, 0.25) is 5.88 Å². The summed E-state index contributed by atoms with van der Waals surface area (Å²) in [4.78, 5) is 25.1. The maximum atomic E-state index is 15.5. The number of halogens is 2. The average Bonchev–Trinajstić information content (AvgIpc) is 3.61. The number of aromatic carboxylic acids is 1. The molecule has 0 radical (unpaired) electrons.